The average molecular weight is 271 g/mol. The molecule has 0 spiro atoms. The Hall–Kier alpha value is -1.20. The number of ether oxygens (including phenoxy) is 1. The predicted molar refractivity (Wildman–Crippen MR) is 65.8 cm³/mol. The molecular formula is C12H15ClN2O3. The van der Waals surface area contributed by atoms with Gasteiger partial charge in [0.1, 0.15) is 5.60 Å². The molecule has 0 aromatic carbocycles. The Labute approximate surface area is 110 Å². The molecule has 1 aromatic heterocycles. The van der Waals surface area contributed by atoms with Crippen LogP contribution in [0.5, 0.6) is 0 Å². The number of hydrogen-bond donors (Lipinski definition) is 1. The van der Waals surface area contributed by atoms with Gasteiger partial charge in [0.25, 0.3) is 0 Å². The van der Waals surface area contributed by atoms with Crippen LogP contribution in [0.15, 0.2) is 6.20 Å². The first kappa shape index (κ1) is 13.2. The van der Waals surface area contributed by atoms with E-state index in [-0.39, 0.29) is 10.7 Å². The van der Waals surface area contributed by atoms with Crippen molar-refractivity contribution >= 4 is 17.6 Å². The van der Waals surface area contributed by atoms with Gasteiger partial charge in [-0.05, 0) is 32.6 Å². The van der Waals surface area contributed by atoms with E-state index in [9.17, 15) is 4.79 Å². The molecule has 5 nitrogen and oxygen atoms in total. The van der Waals surface area contributed by atoms with Crippen LogP contribution >= 0.6 is 11.6 Å². The second kappa shape index (κ2) is 5.20. The molecule has 0 saturated heterocycles. The van der Waals surface area contributed by atoms with E-state index in [4.69, 9.17) is 21.4 Å². The first-order valence-electron chi connectivity index (χ1n) is 5.99. The van der Waals surface area contributed by atoms with Crippen molar-refractivity contribution in [1.82, 2.24) is 9.97 Å². The Morgan fingerprint density at radius 2 is 2.22 bits per heavy atom. The molecule has 1 N–H and O–H groups in total. The second-order valence-corrected chi connectivity index (χ2v) is 4.74. The van der Waals surface area contributed by atoms with E-state index in [1.807, 2.05) is 6.92 Å². The first-order valence-corrected chi connectivity index (χ1v) is 6.37. The monoisotopic (exact) mass is 270 g/mol. The van der Waals surface area contributed by atoms with Crippen LogP contribution in [0.3, 0.4) is 0 Å². The first-order chi connectivity index (χ1) is 8.59. The van der Waals surface area contributed by atoms with E-state index < -0.39 is 11.6 Å². The molecule has 0 atom stereocenters. The number of carboxylic acids is 1. The van der Waals surface area contributed by atoms with Gasteiger partial charge in [-0.3, -0.25) is 0 Å². The fourth-order valence-corrected chi connectivity index (χ4v) is 2.56. The summed E-state index contributed by atoms with van der Waals surface area (Å²) in [7, 11) is 0. The maximum atomic E-state index is 11.0. The van der Waals surface area contributed by atoms with Crippen molar-refractivity contribution in [3.63, 3.8) is 0 Å². The van der Waals surface area contributed by atoms with Gasteiger partial charge in [-0.2, -0.15) is 0 Å². The zero-order valence-electron chi connectivity index (χ0n) is 10.1. The van der Waals surface area contributed by atoms with E-state index in [1.54, 1.807) is 0 Å². The highest BCUT2D eigenvalue weighted by atomic mass is 35.5. The lowest BCUT2D eigenvalue weighted by molar-refractivity contribution is -0.0458. The fourth-order valence-electron chi connectivity index (χ4n) is 2.39. The van der Waals surface area contributed by atoms with Gasteiger partial charge in [0.15, 0.2) is 11.5 Å². The molecule has 0 bridgehead atoms. The molecule has 0 amide bonds. The van der Waals surface area contributed by atoms with Crippen LogP contribution < -0.4 is 0 Å². The fraction of sp³-hybridized carbons (Fsp3) is 0.583. The SMILES string of the molecule is CCOC1(c2ncc(Cl)c(C(=O)O)n2)CCCC1. The van der Waals surface area contributed by atoms with Gasteiger partial charge < -0.3 is 9.84 Å². The van der Waals surface area contributed by atoms with Gasteiger partial charge in [-0.15, -0.1) is 0 Å². The topological polar surface area (TPSA) is 72.3 Å². The maximum absolute atomic E-state index is 11.0. The molecule has 1 heterocycles. The van der Waals surface area contributed by atoms with E-state index in [0.29, 0.717) is 12.4 Å². The summed E-state index contributed by atoms with van der Waals surface area (Å²) in [6.45, 7) is 2.46. The number of carboxylic acid groups (broad SMARTS) is 1. The summed E-state index contributed by atoms with van der Waals surface area (Å²) < 4.78 is 5.79. The van der Waals surface area contributed by atoms with Crippen LogP contribution in [0.2, 0.25) is 5.02 Å². The molecule has 0 unspecified atom stereocenters. The predicted octanol–water partition coefficient (Wildman–Crippen LogP) is 2.63. The van der Waals surface area contributed by atoms with Crippen LogP contribution in [0.1, 0.15) is 48.9 Å². The molecule has 98 valence electrons. The summed E-state index contributed by atoms with van der Waals surface area (Å²) in [6.07, 6.45) is 5.05. The zero-order chi connectivity index (χ0) is 13.2. The summed E-state index contributed by atoms with van der Waals surface area (Å²) >= 11 is 5.77. The van der Waals surface area contributed by atoms with Crippen LogP contribution in [-0.4, -0.2) is 27.7 Å². The van der Waals surface area contributed by atoms with Crippen LogP contribution in [0.4, 0.5) is 0 Å². The van der Waals surface area contributed by atoms with Gasteiger partial charge in [0, 0.05) is 6.61 Å². The molecule has 1 aliphatic carbocycles. The number of hydrogen-bond acceptors (Lipinski definition) is 4. The minimum absolute atomic E-state index is 0.0518. The Balaban J connectivity index is 2.42. The molecule has 1 aromatic rings. The molecule has 2 rings (SSSR count). The average Bonchev–Trinajstić information content (AvgIpc) is 2.79. The number of halogens is 1. The van der Waals surface area contributed by atoms with Crippen molar-refractivity contribution in [3.05, 3.63) is 22.7 Å². The highest BCUT2D eigenvalue weighted by Gasteiger charge is 2.39. The van der Waals surface area contributed by atoms with Crippen molar-refractivity contribution in [1.29, 1.82) is 0 Å². The van der Waals surface area contributed by atoms with Crippen LogP contribution in [-0.2, 0) is 10.3 Å². The van der Waals surface area contributed by atoms with Crippen molar-refractivity contribution in [2.24, 2.45) is 0 Å². The third kappa shape index (κ3) is 2.33. The van der Waals surface area contributed by atoms with E-state index in [1.165, 1.54) is 6.20 Å². The van der Waals surface area contributed by atoms with Gasteiger partial charge in [0.2, 0.25) is 0 Å². The molecule has 6 heteroatoms. The number of carbonyl (C=O) groups is 1. The smallest absolute Gasteiger partial charge is 0.356 e. The second-order valence-electron chi connectivity index (χ2n) is 4.33. The molecule has 0 radical (unpaired) electrons. The van der Waals surface area contributed by atoms with Crippen molar-refractivity contribution in [3.8, 4) is 0 Å². The van der Waals surface area contributed by atoms with E-state index >= 15 is 0 Å². The molecule has 0 aliphatic heterocycles. The quantitative estimate of drug-likeness (QED) is 0.910. The highest BCUT2D eigenvalue weighted by Crippen LogP contribution is 2.40. The van der Waals surface area contributed by atoms with Crippen molar-refractivity contribution in [2.75, 3.05) is 6.61 Å². The van der Waals surface area contributed by atoms with E-state index in [2.05, 4.69) is 9.97 Å². The van der Waals surface area contributed by atoms with Crippen LogP contribution in [0.25, 0.3) is 0 Å². The van der Waals surface area contributed by atoms with Gasteiger partial charge >= 0.3 is 5.97 Å². The summed E-state index contributed by atoms with van der Waals surface area (Å²) in [5, 5.41) is 9.08. The minimum Gasteiger partial charge on any atom is -0.476 e. The largest absolute Gasteiger partial charge is 0.476 e. The summed E-state index contributed by atoms with van der Waals surface area (Å²) in [5.74, 6) is -0.711. The molecule has 1 aliphatic rings. The lowest BCUT2D eigenvalue weighted by Gasteiger charge is -2.27. The van der Waals surface area contributed by atoms with Gasteiger partial charge in [0.05, 0.1) is 11.2 Å². The number of aromatic nitrogens is 2. The van der Waals surface area contributed by atoms with Gasteiger partial charge in [-0.1, -0.05) is 11.6 Å². The molecule has 1 fully saturated rings. The maximum Gasteiger partial charge on any atom is 0.356 e. The van der Waals surface area contributed by atoms with Crippen molar-refractivity contribution < 1.29 is 14.6 Å². The Kier molecular flexibility index (Phi) is 3.82. The normalized spacial score (nSPS) is 17.9. The number of nitrogens with zero attached hydrogens (tertiary/aromatic N) is 2. The Morgan fingerprint density at radius 3 is 2.78 bits per heavy atom. The molecule has 1 saturated carbocycles. The Bertz CT molecular complexity index is 459. The number of aromatic carboxylic acids is 1. The number of rotatable bonds is 4. The standard InChI is InChI=1S/C12H15ClN2O3/c1-2-18-12(5-3-4-6-12)11-14-7-8(13)9(15-11)10(16)17/h7H,2-6H2,1H3,(H,16,17). The summed E-state index contributed by atoms with van der Waals surface area (Å²) in [4.78, 5) is 19.3. The van der Waals surface area contributed by atoms with Gasteiger partial charge in [-0.25, -0.2) is 14.8 Å². The highest BCUT2D eigenvalue weighted by molar-refractivity contribution is 6.33. The third-order valence-corrected chi connectivity index (χ3v) is 3.46. The van der Waals surface area contributed by atoms with Crippen LogP contribution in [0, 0.1) is 0 Å². The molecule has 18 heavy (non-hydrogen) atoms. The minimum atomic E-state index is -1.15. The third-order valence-electron chi connectivity index (χ3n) is 3.19. The zero-order valence-corrected chi connectivity index (χ0v) is 10.9. The van der Waals surface area contributed by atoms with E-state index in [0.717, 1.165) is 25.7 Å². The Morgan fingerprint density at radius 1 is 1.56 bits per heavy atom. The molecular weight excluding hydrogens is 256 g/mol. The summed E-state index contributed by atoms with van der Waals surface area (Å²) in [6, 6.07) is 0. The lowest BCUT2D eigenvalue weighted by atomic mass is 10.0. The van der Waals surface area contributed by atoms with Crippen molar-refractivity contribution in [2.45, 2.75) is 38.2 Å². The summed E-state index contributed by atoms with van der Waals surface area (Å²) in [5.41, 5.74) is -0.698. The lowest BCUT2D eigenvalue weighted by Crippen LogP contribution is -2.29.